The molecule has 0 heterocycles. The van der Waals surface area contributed by atoms with E-state index in [1.165, 1.54) is 5.56 Å². The van der Waals surface area contributed by atoms with Crippen molar-refractivity contribution in [3.63, 3.8) is 0 Å². The van der Waals surface area contributed by atoms with Crippen molar-refractivity contribution in [2.75, 3.05) is 18.9 Å². The second kappa shape index (κ2) is 9.86. The Bertz CT molecular complexity index is 668. The van der Waals surface area contributed by atoms with Gasteiger partial charge in [-0.1, -0.05) is 35.9 Å². The minimum absolute atomic E-state index is 0.234. The van der Waals surface area contributed by atoms with Gasteiger partial charge in [0.2, 0.25) is 0 Å². The third-order valence-electron chi connectivity index (χ3n) is 4.69. The van der Waals surface area contributed by atoms with E-state index in [2.05, 4.69) is 4.72 Å². The summed E-state index contributed by atoms with van der Waals surface area (Å²) in [6.45, 7) is 10.1. The molecule has 144 valence electrons. The zero-order chi connectivity index (χ0) is 19.8. The van der Waals surface area contributed by atoms with Crippen LogP contribution in [-0.2, 0) is 20.5 Å². The van der Waals surface area contributed by atoms with Gasteiger partial charge in [0.15, 0.2) is 0 Å². The van der Waals surface area contributed by atoms with E-state index in [1.54, 1.807) is 14.2 Å². The fourth-order valence-electron chi connectivity index (χ4n) is 1.82. The summed E-state index contributed by atoms with van der Waals surface area (Å²) in [4.78, 5) is 0.781. The molecule has 1 unspecified atom stereocenters. The fraction of sp³-hybridized carbons (Fsp3) is 0.429. The average Bonchev–Trinajstić information content (AvgIpc) is 2.64. The first-order valence-electron chi connectivity index (χ1n) is 8.53. The first kappa shape index (κ1) is 22.4. The van der Waals surface area contributed by atoms with Crippen LogP contribution in [0.3, 0.4) is 0 Å². The highest BCUT2D eigenvalue weighted by atomic mass is 32.2. The Morgan fingerprint density at radius 2 is 1.27 bits per heavy atom. The molecular formula is C21H31NO3S. The second-order valence-electron chi connectivity index (χ2n) is 6.98. The van der Waals surface area contributed by atoms with E-state index in [4.69, 9.17) is 9.47 Å². The predicted octanol–water partition coefficient (Wildman–Crippen LogP) is 4.97. The number of aryl methyl sites for hydroxylation is 1. The van der Waals surface area contributed by atoms with Gasteiger partial charge in [-0.05, 0) is 58.9 Å². The maximum atomic E-state index is 11.9. The second-order valence-corrected chi connectivity index (χ2v) is 8.19. The number of methoxy groups -OCH3 is 2. The van der Waals surface area contributed by atoms with Crippen molar-refractivity contribution in [2.24, 2.45) is 0 Å². The Balaban J connectivity index is 0.000000294. The van der Waals surface area contributed by atoms with Crippen molar-refractivity contribution in [1.82, 2.24) is 0 Å². The van der Waals surface area contributed by atoms with Gasteiger partial charge in [-0.3, -0.25) is 0 Å². The van der Waals surface area contributed by atoms with Gasteiger partial charge in [0.1, 0.15) is 11.0 Å². The molecule has 1 atom stereocenters. The average molecular weight is 378 g/mol. The van der Waals surface area contributed by atoms with Gasteiger partial charge < -0.3 is 14.2 Å². The topological polar surface area (TPSA) is 47.6 Å². The van der Waals surface area contributed by atoms with E-state index < -0.39 is 11.0 Å². The summed E-state index contributed by atoms with van der Waals surface area (Å²) in [7, 11) is 2.20. The Kier molecular flexibility index (Phi) is 8.47. The molecule has 1 N–H and O–H groups in total. The molecule has 0 bridgehead atoms. The van der Waals surface area contributed by atoms with Crippen molar-refractivity contribution in [2.45, 2.75) is 50.7 Å². The summed E-state index contributed by atoms with van der Waals surface area (Å²) in [6.07, 6.45) is 0. The SMILES string of the molecule is COC(C)(C)C(C)(C)OC.Cc1ccc(NS(=O)c2ccccc2)cc1. The van der Waals surface area contributed by atoms with Crippen LogP contribution in [0.4, 0.5) is 5.69 Å². The van der Waals surface area contributed by atoms with Gasteiger partial charge >= 0.3 is 0 Å². The van der Waals surface area contributed by atoms with Crippen molar-refractivity contribution in [3.8, 4) is 0 Å². The molecule has 2 aromatic rings. The molecule has 5 heteroatoms. The van der Waals surface area contributed by atoms with Gasteiger partial charge in [-0.2, -0.15) is 0 Å². The summed E-state index contributed by atoms with van der Waals surface area (Å²) < 4.78 is 25.4. The molecule has 0 aliphatic rings. The van der Waals surface area contributed by atoms with E-state index >= 15 is 0 Å². The molecule has 2 rings (SSSR count). The molecule has 0 aliphatic heterocycles. The highest BCUT2D eigenvalue weighted by molar-refractivity contribution is 7.86. The standard InChI is InChI=1S/C13H13NOS.C8H18O2/c1-11-7-9-12(10-8-11)14-16(15)13-5-3-2-4-6-13;1-7(2,9-5)8(3,4)10-6/h2-10,14H,1H3;1-6H3. The molecule has 0 radical (unpaired) electrons. The van der Waals surface area contributed by atoms with Crippen LogP contribution in [0.5, 0.6) is 0 Å². The Labute approximate surface area is 160 Å². The van der Waals surface area contributed by atoms with Crippen LogP contribution in [0.25, 0.3) is 0 Å². The quantitative estimate of drug-likeness (QED) is 0.773. The highest BCUT2D eigenvalue weighted by Gasteiger charge is 2.36. The van der Waals surface area contributed by atoms with E-state index in [0.717, 1.165) is 10.6 Å². The predicted molar refractivity (Wildman–Crippen MR) is 110 cm³/mol. The maximum Gasteiger partial charge on any atom is 0.150 e. The normalized spacial score (nSPS) is 12.7. The van der Waals surface area contributed by atoms with E-state index in [-0.39, 0.29) is 11.2 Å². The number of anilines is 1. The number of rotatable bonds is 6. The maximum absolute atomic E-state index is 11.9. The first-order valence-corrected chi connectivity index (χ1v) is 9.68. The zero-order valence-corrected chi connectivity index (χ0v) is 17.6. The summed E-state index contributed by atoms with van der Waals surface area (Å²) in [5.41, 5.74) is 1.59. The molecule has 26 heavy (non-hydrogen) atoms. The lowest BCUT2D eigenvalue weighted by atomic mass is 9.89. The molecule has 0 aromatic heterocycles. The third kappa shape index (κ3) is 6.56. The molecule has 2 aromatic carbocycles. The minimum atomic E-state index is -1.19. The Morgan fingerprint density at radius 1 is 0.808 bits per heavy atom. The van der Waals surface area contributed by atoms with Crippen LogP contribution in [0.1, 0.15) is 33.3 Å². The lowest BCUT2D eigenvalue weighted by Crippen LogP contribution is -2.48. The molecule has 4 nitrogen and oxygen atoms in total. The first-order chi connectivity index (χ1) is 12.1. The van der Waals surface area contributed by atoms with Crippen LogP contribution >= 0.6 is 0 Å². The van der Waals surface area contributed by atoms with Gasteiger partial charge in [0.25, 0.3) is 0 Å². The van der Waals surface area contributed by atoms with E-state index in [1.807, 2.05) is 89.2 Å². The van der Waals surface area contributed by atoms with Gasteiger partial charge in [-0.25, -0.2) is 4.21 Å². The van der Waals surface area contributed by atoms with Crippen LogP contribution in [0, 0.1) is 6.92 Å². The molecule has 0 spiro atoms. The lowest BCUT2D eigenvalue weighted by Gasteiger charge is -2.38. The van der Waals surface area contributed by atoms with Crippen LogP contribution in [-0.4, -0.2) is 29.6 Å². The minimum Gasteiger partial charge on any atom is -0.376 e. The van der Waals surface area contributed by atoms with Gasteiger partial charge in [0.05, 0.1) is 16.1 Å². The fourth-order valence-corrected chi connectivity index (χ4v) is 2.70. The highest BCUT2D eigenvalue weighted by Crippen LogP contribution is 2.27. The summed E-state index contributed by atoms with van der Waals surface area (Å²) in [5.74, 6) is 0. The monoisotopic (exact) mass is 377 g/mol. The van der Waals surface area contributed by atoms with E-state index in [9.17, 15) is 4.21 Å². The van der Waals surface area contributed by atoms with Gasteiger partial charge in [0, 0.05) is 19.9 Å². The smallest absolute Gasteiger partial charge is 0.150 e. The van der Waals surface area contributed by atoms with Crippen LogP contribution in [0.15, 0.2) is 59.5 Å². The van der Waals surface area contributed by atoms with Crippen LogP contribution < -0.4 is 4.72 Å². The summed E-state index contributed by atoms with van der Waals surface area (Å²) in [6, 6.07) is 17.2. The Morgan fingerprint density at radius 3 is 1.69 bits per heavy atom. The van der Waals surface area contributed by atoms with E-state index in [0.29, 0.717) is 0 Å². The largest absolute Gasteiger partial charge is 0.376 e. The molecular weight excluding hydrogens is 346 g/mol. The number of hydrogen-bond donors (Lipinski definition) is 1. The molecule has 0 aliphatic carbocycles. The molecule has 0 saturated heterocycles. The number of ether oxygens (including phenoxy) is 2. The zero-order valence-electron chi connectivity index (χ0n) is 16.8. The van der Waals surface area contributed by atoms with Gasteiger partial charge in [-0.15, -0.1) is 0 Å². The summed E-state index contributed by atoms with van der Waals surface area (Å²) in [5, 5.41) is 0. The Hall–Kier alpha value is -1.69. The summed E-state index contributed by atoms with van der Waals surface area (Å²) >= 11 is 0. The molecule has 0 amide bonds. The third-order valence-corrected chi connectivity index (χ3v) is 5.81. The number of nitrogens with one attached hydrogen (secondary N) is 1. The van der Waals surface area contributed by atoms with Crippen molar-refractivity contribution >= 4 is 16.7 Å². The number of benzene rings is 2. The van der Waals surface area contributed by atoms with Crippen molar-refractivity contribution in [1.29, 1.82) is 0 Å². The number of hydrogen-bond acceptors (Lipinski definition) is 3. The van der Waals surface area contributed by atoms with Crippen LogP contribution in [0.2, 0.25) is 0 Å². The molecule has 0 fully saturated rings. The van der Waals surface area contributed by atoms with Crippen molar-refractivity contribution < 1.29 is 13.7 Å². The molecule has 0 saturated carbocycles. The van der Waals surface area contributed by atoms with Crippen molar-refractivity contribution in [3.05, 3.63) is 60.2 Å². The lowest BCUT2D eigenvalue weighted by molar-refractivity contribution is -0.147.